The van der Waals surface area contributed by atoms with E-state index in [1.165, 1.54) is 12.3 Å². The molecular formula is C21H13ClF2N2O4S. The van der Waals surface area contributed by atoms with Crippen LogP contribution in [0.1, 0.15) is 10.4 Å². The smallest absolute Gasteiger partial charge is 0.338 e. The van der Waals surface area contributed by atoms with Gasteiger partial charge in [0.1, 0.15) is 11.6 Å². The zero-order chi connectivity index (χ0) is 22.3. The minimum atomic E-state index is -3.35. The minimum Gasteiger partial charge on any atom is -0.478 e. The Kier molecular flexibility index (Phi) is 5.38. The van der Waals surface area contributed by atoms with Crippen LogP contribution in [-0.4, -0.2) is 24.1 Å². The second-order valence-corrected chi connectivity index (χ2v) is 7.81. The second kappa shape index (κ2) is 8.01. The molecule has 0 amide bonds. The summed E-state index contributed by atoms with van der Waals surface area (Å²) in [6, 6.07) is 14.2. The molecule has 0 aliphatic rings. The van der Waals surface area contributed by atoms with E-state index in [4.69, 9.17) is 11.6 Å². The van der Waals surface area contributed by atoms with Gasteiger partial charge in [0.25, 0.3) is 0 Å². The summed E-state index contributed by atoms with van der Waals surface area (Å²) >= 11 is 5.96. The summed E-state index contributed by atoms with van der Waals surface area (Å²) in [6.07, 6.45) is 1.46. The van der Waals surface area contributed by atoms with Crippen LogP contribution >= 0.6 is 11.6 Å². The summed E-state index contributed by atoms with van der Waals surface area (Å²) in [4.78, 5) is 11.3. The van der Waals surface area contributed by atoms with Crippen LogP contribution in [0, 0.1) is 11.6 Å². The van der Waals surface area contributed by atoms with E-state index < -0.39 is 34.1 Å². The van der Waals surface area contributed by atoms with Crippen molar-refractivity contribution in [2.75, 3.05) is 4.31 Å². The number of rotatable bonds is 5. The van der Waals surface area contributed by atoms with E-state index in [0.29, 0.717) is 11.2 Å². The van der Waals surface area contributed by atoms with Crippen molar-refractivity contribution in [1.29, 1.82) is 0 Å². The number of anilines is 2. The third-order valence-corrected chi connectivity index (χ3v) is 5.74. The third kappa shape index (κ3) is 3.73. The van der Waals surface area contributed by atoms with Crippen LogP contribution in [0.3, 0.4) is 0 Å². The van der Waals surface area contributed by atoms with E-state index in [2.05, 4.69) is 0 Å². The lowest BCUT2D eigenvalue weighted by molar-refractivity contribution is 0.0692. The van der Waals surface area contributed by atoms with E-state index in [0.717, 1.165) is 28.6 Å². The maximum Gasteiger partial charge on any atom is 0.338 e. The van der Waals surface area contributed by atoms with Crippen molar-refractivity contribution < 1.29 is 27.1 Å². The number of aromatic carboxylic acids is 1. The SMILES string of the molecule is O=C(O)c1cc(N(c2cn(-c3ccccc3)c3cc(Cl)c(F)cc23)[SH](=O)=O)ccc1F. The van der Waals surface area contributed by atoms with Gasteiger partial charge in [-0.1, -0.05) is 29.8 Å². The molecule has 4 aromatic rings. The number of para-hydroxylation sites is 1. The molecule has 6 nitrogen and oxygen atoms in total. The molecule has 31 heavy (non-hydrogen) atoms. The number of hydrogen-bond donors (Lipinski definition) is 2. The monoisotopic (exact) mass is 462 g/mol. The highest BCUT2D eigenvalue weighted by Crippen LogP contribution is 2.38. The number of benzene rings is 3. The predicted molar refractivity (Wildman–Crippen MR) is 114 cm³/mol. The quantitative estimate of drug-likeness (QED) is 0.412. The van der Waals surface area contributed by atoms with Gasteiger partial charge in [-0.05, 0) is 42.5 Å². The van der Waals surface area contributed by atoms with Gasteiger partial charge in [-0.3, -0.25) is 0 Å². The van der Waals surface area contributed by atoms with Crippen molar-refractivity contribution in [3.8, 4) is 5.69 Å². The highest BCUT2D eigenvalue weighted by Gasteiger charge is 2.23. The van der Waals surface area contributed by atoms with E-state index in [1.807, 2.05) is 0 Å². The lowest BCUT2D eigenvalue weighted by Gasteiger charge is -2.17. The fourth-order valence-corrected chi connectivity index (χ4v) is 4.11. The number of carbonyl (C=O) groups is 1. The summed E-state index contributed by atoms with van der Waals surface area (Å²) in [7, 11) is -3.35. The van der Waals surface area contributed by atoms with Crippen molar-refractivity contribution in [3.05, 3.63) is 89.1 Å². The molecule has 3 aromatic carbocycles. The number of nitrogens with zero attached hydrogens (tertiary/aromatic N) is 2. The average molecular weight is 463 g/mol. The van der Waals surface area contributed by atoms with Gasteiger partial charge in [0.05, 0.1) is 27.5 Å². The molecule has 0 saturated carbocycles. The summed E-state index contributed by atoms with van der Waals surface area (Å²) in [5, 5.41) is 9.26. The topological polar surface area (TPSA) is 79.6 Å². The molecule has 1 aromatic heterocycles. The fraction of sp³-hybridized carbons (Fsp3) is 0. The molecule has 0 aliphatic heterocycles. The molecule has 4 rings (SSSR count). The zero-order valence-corrected chi connectivity index (χ0v) is 17.1. The Labute approximate surface area is 181 Å². The Balaban J connectivity index is 2.02. The van der Waals surface area contributed by atoms with Crippen LogP contribution < -0.4 is 4.31 Å². The molecule has 0 spiro atoms. The number of fused-ring (bicyclic) bond motifs is 1. The van der Waals surface area contributed by atoms with Crippen molar-refractivity contribution in [2.24, 2.45) is 0 Å². The lowest BCUT2D eigenvalue weighted by Crippen LogP contribution is -2.15. The van der Waals surface area contributed by atoms with E-state index >= 15 is 0 Å². The summed E-state index contributed by atoms with van der Waals surface area (Å²) in [5.41, 5.74) is 0.328. The first-order chi connectivity index (χ1) is 14.8. The molecule has 0 fully saturated rings. The van der Waals surface area contributed by atoms with Crippen molar-refractivity contribution in [3.63, 3.8) is 0 Å². The normalized spacial score (nSPS) is 11.2. The molecular weight excluding hydrogens is 450 g/mol. The number of carboxylic acids is 1. The average Bonchev–Trinajstić information content (AvgIpc) is 3.08. The lowest BCUT2D eigenvalue weighted by atomic mass is 10.1. The van der Waals surface area contributed by atoms with E-state index in [1.54, 1.807) is 34.9 Å². The number of hydrogen-bond acceptors (Lipinski definition) is 3. The standard InChI is InChI=1S/C21H13ClF2N2O4S/c22-16-10-19-15(9-18(16)24)20(11-25(19)12-4-2-1-3-5-12)26(31(29)30)13-6-7-17(23)14(8-13)21(27)28/h1-11,31H,(H,27,28). The Bertz CT molecular complexity index is 1400. The van der Waals surface area contributed by atoms with Gasteiger partial charge in [-0.15, -0.1) is 0 Å². The molecule has 10 heteroatoms. The molecule has 0 aliphatic carbocycles. The number of halogens is 3. The van der Waals surface area contributed by atoms with Gasteiger partial charge in [0.2, 0.25) is 10.9 Å². The van der Waals surface area contributed by atoms with Crippen LogP contribution in [0.15, 0.2) is 66.9 Å². The maximum atomic E-state index is 14.3. The van der Waals surface area contributed by atoms with Gasteiger partial charge in [0, 0.05) is 17.3 Å². The number of aromatic nitrogens is 1. The molecule has 1 N–H and O–H groups in total. The molecule has 0 radical (unpaired) electrons. The van der Waals surface area contributed by atoms with Crippen LogP contribution in [0.25, 0.3) is 16.6 Å². The molecule has 0 bridgehead atoms. The van der Waals surface area contributed by atoms with Crippen LogP contribution in [0.4, 0.5) is 20.2 Å². The van der Waals surface area contributed by atoms with Crippen molar-refractivity contribution in [2.45, 2.75) is 0 Å². The van der Waals surface area contributed by atoms with Gasteiger partial charge < -0.3 is 9.67 Å². The Hall–Kier alpha value is -3.43. The number of thiol groups is 1. The highest BCUT2D eigenvalue weighted by molar-refractivity contribution is 7.74. The molecule has 0 atom stereocenters. The van der Waals surface area contributed by atoms with Crippen molar-refractivity contribution in [1.82, 2.24) is 4.57 Å². The van der Waals surface area contributed by atoms with Gasteiger partial charge in [0.15, 0.2) is 0 Å². The first kappa shape index (κ1) is 20.8. The van der Waals surface area contributed by atoms with Crippen molar-refractivity contribution >= 4 is 50.7 Å². The first-order valence-electron chi connectivity index (χ1n) is 8.80. The summed E-state index contributed by atoms with van der Waals surface area (Å²) in [6.45, 7) is 0. The Morgan fingerprint density at radius 2 is 1.71 bits per heavy atom. The highest BCUT2D eigenvalue weighted by atomic mass is 35.5. The molecule has 1 heterocycles. The van der Waals surface area contributed by atoms with E-state index in [-0.39, 0.29) is 21.8 Å². The van der Waals surface area contributed by atoms with Crippen LogP contribution in [0.5, 0.6) is 0 Å². The minimum absolute atomic E-state index is 0.0495. The van der Waals surface area contributed by atoms with Gasteiger partial charge >= 0.3 is 5.97 Å². The molecule has 0 saturated heterocycles. The largest absolute Gasteiger partial charge is 0.478 e. The number of carboxylic acid groups (broad SMARTS) is 1. The molecule has 0 unspecified atom stereocenters. The van der Waals surface area contributed by atoms with Gasteiger partial charge in [-0.25, -0.2) is 26.3 Å². The maximum absolute atomic E-state index is 14.3. The Morgan fingerprint density at radius 3 is 2.35 bits per heavy atom. The third-order valence-electron chi connectivity index (χ3n) is 4.68. The van der Waals surface area contributed by atoms with Gasteiger partial charge in [-0.2, -0.15) is 0 Å². The van der Waals surface area contributed by atoms with E-state index in [9.17, 15) is 27.1 Å². The fourth-order valence-electron chi connectivity index (χ4n) is 3.30. The predicted octanol–water partition coefficient (Wildman–Crippen LogP) is 4.92. The second-order valence-electron chi connectivity index (χ2n) is 6.52. The molecule has 158 valence electrons. The van der Waals surface area contributed by atoms with Crippen LogP contribution in [-0.2, 0) is 10.9 Å². The summed E-state index contributed by atoms with van der Waals surface area (Å²) < 4.78 is 55.0. The van der Waals surface area contributed by atoms with Crippen LogP contribution in [0.2, 0.25) is 5.02 Å². The Morgan fingerprint density at radius 1 is 1.00 bits per heavy atom. The summed E-state index contributed by atoms with van der Waals surface area (Å²) in [5.74, 6) is -3.32. The zero-order valence-electron chi connectivity index (χ0n) is 15.5. The first-order valence-corrected chi connectivity index (χ1v) is 10.3.